The number of benzene rings is 2. The van der Waals surface area contributed by atoms with Crippen LogP contribution in [0.3, 0.4) is 0 Å². The molecule has 0 aliphatic rings. The molecular weight excluding hydrogens is 437 g/mol. The van der Waals surface area contributed by atoms with Crippen LogP contribution in [0, 0.1) is 0 Å². The second-order valence-electron chi connectivity index (χ2n) is 9.00. The van der Waals surface area contributed by atoms with E-state index in [2.05, 4.69) is 123 Å². The van der Waals surface area contributed by atoms with Gasteiger partial charge in [0.2, 0.25) is 0 Å². The van der Waals surface area contributed by atoms with Crippen molar-refractivity contribution in [2.75, 3.05) is 0 Å². The van der Waals surface area contributed by atoms with Gasteiger partial charge in [-0.2, -0.15) is 0 Å². The van der Waals surface area contributed by atoms with Crippen molar-refractivity contribution < 1.29 is 8.23 Å². The summed E-state index contributed by atoms with van der Waals surface area (Å²) in [6.45, 7) is 13.6. The standard InChI is InChI=1S/C22H36O2Si5/c1-27(2,19-17-25-21-13-9-7-10-14-21)23-29(5,6)24-28(3,4)20-18-26-22-15-11-8-12-16-22/h7-20H,25-26H2,1-6H3. The molecule has 0 N–H and O–H groups in total. The molecule has 0 spiro atoms. The summed E-state index contributed by atoms with van der Waals surface area (Å²) in [5.74, 6) is 0. The van der Waals surface area contributed by atoms with E-state index in [1.165, 1.54) is 10.4 Å². The SMILES string of the molecule is C[Si](C)(C=C[SiH2]c1ccccc1)O[Si](C)(C)O[Si](C)(C)C=C[SiH2]c1ccccc1. The molecule has 0 saturated carbocycles. The zero-order valence-corrected chi connectivity index (χ0v) is 24.6. The van der Waals surface area contributed by atoms with E-state index < -0.39 is 25.2 Å². The zero-order valence-electron chi connectivity index (χ0n) is 18.8. The Kier molecular flexibility index (Phi) is 9.01. The minimum atomic E-state index is -2.18. The molecule has 0 saturated heterocycles. The summed E-state index contributed by atoms with van der Waals surface area (Å²) >= 11 is 0. The Morgan fingerprint density at radius 3 is 1.28 bits per heavy atom. The molecule has 0 amide bonds. The van der Waals surface area contributed by atoms with E-state index in [4.69, 9.17) is 8.23 Å². The summed E-state index contributed by atoms with van der Waals surface area (Å²) in [7, 11) is -6.67. The minimum absolute atomic E-state index is 0.364. The molecule has 2 aromatic rings. The number of hydrogen-bond donors (Lipinski definition) is 0. The molecule has 0 unspecified atom stereocenters. The van der Waals surface area contributed by atoms with Crippen molar-refractivity contribution in [3.63, 3.8) is 0 Å². The van der Waals surface area contributed by atoms with Crippen LogP contribution in [0.1, 0.15) is 0 Å². The monoisotopic (exact) mass is 472 g/mol. The average Bonchev–Trinajstić information content (AvgIpc) is 2.61. The maximum Gasteiger partial charge on any atom is 0.311 e. The van der Waals surface area contributed by atoms with Gasteiger partial charge in [0.1, 0.15) is 0 Å². The van der Waals surface area contributed by atoms with Gasteiger partial charge in [0.05, 0.1) is 19.0 Å². The van der Waals surface area contributed by atoms with Crippen LogP contribution in [0.25, 0.3) is 0 Å². The lowest BCUT2D eigenvalue weighted by Crippen LogP contribution is -2.51. The van der Waals surface area contributed by atoms with Crippen LogP contribution in [-0.4, -0.2) is 44.2 Å². The third kappa shape index (κ3) is 9.99. The Morgan fingerprint density at radius 1 is 0.586 bits per heavy atom. The maximum absolute atomic E-state index is 6.67. The Morgan fingerprint density at radius 2 is 0.931 bits per heavy atom. The second-order valence-corrected chi connectivity index (χ2v) is 23.9. The van der Waals surface area contributed by atoms with Crippen molar-refractivity contribution in [1.82, 2.24) is 0 Å². The van der Waals surface area contributed by atoms with E-state index in [-0.39, 0.29) is 19.0 Å². The average molecular weight is 473 g/mol. The van der Waals surface area contributed by atoms with Crippen LogP contribution < -0.4 is 10.4 Å². The molecule has 0 fully saturated rings. The smallest absolute Gasteiger partial charge is 0.311 e. The van der Waals surface area contributed by atoms with E-state index >= 15 is 0 Å². The summed E-state index contributed by atoms with van der Waals surface area (Å²) in [4.78, 5) is 0. The molecule has 7 heteroatoms. The first kappa shape index (κ1) is 24.2. The highest BCUT2D eigenvalue weighted by molar-refractivity contribution is 6.91. The van der Waals surface area contributed by atoms with Gasteiger partial charge in [-0.25, -0.2) is 0 Å². The van der Waals surface area contributed by atoms with E-state index in [1.807, 2.05) is 0 Å². The molecule has 0 bridgehead atoms. The number of rotatable bonds is 10. The first-order valence-corrected chi connectivity index (χ1v) is 22.2. The van der Waals surface area contributed by atoms with Crippen molar-refractivity contribution >= 4 is 54.6 Å². The molecule has 0 aliphatic carbocycles. The Bertz CT molecular complexity index is 735. The Hall–Kier alpha value is -1.08. The quantitative estimate of drug-likeness (QED) is 0.494. The highest BCUT2D eigenvalue weighted by atomic mass is 28.5. The van der Waals surface area contributed by atoms with Gasteiger partial charge in [-0.05, 0) is 39.3 Å². The predicted octanol–water partition coefficient (Wildman–Crippen LogP) is 3.23. The van der Waals surface area contributed by atoms with Crippen LogP contribution in [0.15, 0.2) is 83.5 Å². The molecular formula is C22H36O2Si5. The first-order valence-electron chi connectivity index (χ1n) is 10.4. The van der Waals surface area contributed by atoms with Gasteiger partial charge < -0.3 is 8.23 Å². The van der Waals surface area contributed by atoms with Crippen LogP contribution in [0.4, 0.5) is 0 Å². The first-order chi connectivity index (χ1) is 13.6. The molecule has 2 nitrogen and oxygen atoms in total. The van der Waals surface area contributed by atoms with Gasteiger partial charge in [-0.1, -0.05) is 82.4 Å². The Balaban J connectivity index is 1.90. The van der Waals surface area contributed by atoms with E-state index in [9.17, 15) is 0 Å². The molecule has 2 aromatic carbocycles. The summed E-state index contributed by atoms with van der Waals surface area (Å²) in [6.07, 6.45) is 0. The van der Waals surface area contributed by atoms with Crippen LogP contribution in [0.2, 0.25) is 39.3 Å². The highest BCUT2D eigenvalue weighted by Crippen LogP contribution is 2.21. The molecule has 0 radical (unpaired) electrons. The van der Waals surface area contributed by atoms with Crippen LogP contribution >= 0.6 is 0 Å². The third-order valence-electron chi connectivity index (χ3n) is 4.45. The van der Waals surface area contributed by atoms with Gasteiger partial charge in [-0.3, -0.25) is 0 Å². The van der Waals surface area contributed by atoms with Gasteiger partial charge in [0, 0.05) is 0 Å². The van der Waals surface area contributed by atoms with Crippen LogP contribution in [-0.2, 0) is 8.23 Å². The normalized spacial score (nSPS) is 14.3. The van der Waals surface area contributed by atoms with Crippen molar-refractivity contribution in [3.05, 3.63) is 83.5 Å². The summed E-state index contributed by atoms with van der Waals surface area (Å²) in [6, 6.07) is 21.6. The molecule has 156 valence electrons. The summed E-state index contributed by atoms with van der Waals surface area (Å²) in [5.41, 5.74) is 9.55. The molecule has 0 heterocycles. The fourth-order valence-electron chi connectivity index (χ4n) is 3.54. The van der Waals surface area contributed by atoms with Gasteiger partial charge in [-0.15, -0.1) is 11.4 Å². The maximum atomic E-state index is 6.67. The molecule has 0 atom stereocenters. The van der Waals surface area contributed by atoms with E-state index in [1.54, 1.807) is 0 Å². The molecule has 0 aliphatic heterocycles. The third-order valence-corrected chi connectivity index (χ3v) is 18.4. The molecule has 2 rings (SSSR count). The van der Waals surface area contributed by atoms with Crippen molar-refractivity contribution in [2.24, 2.45) is 0 Å². The zero-order chi connectivity index (χ0) is 21.4. The van der Waals surface area contributed by atoms with Crippen molar-refractivity contribution in [3.8, 4) is 0 Å². The van der Waals surface area contributed by atoms with Gasteiger partial charge in [0.25, 0.3) is 0 Å². The lowest BCUT2D eigenvalue weighted by atomic mass is 10.4. The molecule has 29 heavy (non-hydrogen) atoms. The minimum Gasteiger partial charge on any atom is -0.433 e. The topological polar surface area (TPSA) is 18.5 Å². The largest absolute Gasteiger partial charge is 0.433 e. The van der Waals surface area contributed by atoms with Crippen molar-refractivity contribution in [2.45, 2.75) is 39.3 Å². The van der Waals surface area contributed by atoms with E-state index in [0.717, 1.165) is 0 Å². The summed E-state index contributed by atoms with van der Waals surface area (Å²) in [5, 5.41) is 2.95. The highest BCUT2D eigenvalue weighted by Gasteiger charge is 2.37. The predicted molar refractivity (Wildman–Crippen MR) is 142 cm³/mol. The van der Waals surface area contributed by atoms with Crippen molar-refractivity contribution in [1.29, 1.82) is 0 Å². The lowest BCUT2D eigenvalue weighted by molar-refractivity contribution is 0.400. The van der Waals surface area contributed by atoms with E-state index in [0.29, 0.717) is 0 Å². The van der Waals surface area contributed by atoms with Gasteiger partial charge in [0.15, 0.2) is 16.6 Å². The fraction of sp³-hybridized carbons (Fsp3) is 0.273. The molecule has 0 aromatic heterocycles. The van der Waals surface area contributed by atoms with Crippen LogP contribution in [0.5, 0.6) is 0 Å². The summed E-state index contributed by atoms with van der Waals surface area (Å²) < 4.78 is 13.3. The fourth-order valence-corrected chi connectivity index (χ4v) is 21.9. The lowest BCUT2D eigenvalue weighted by Gasteiger charge is -2.36. The van der Waals surface area contributed by atoms with Gasteiger partial charge >= 0.3 is 8.56 Å². The Labute approximate surface area is 185 Å². The second kappa shape index (κ2) is 10.8. The number of hydrogen-bond acceptors (Lipinski definition) is 2.